The van der Waals surface area contributed by atoms with Gasteiger partial charge < -0.3 is 69.2 Å². The molecule has 74 heavy (non-hydrogen) atoms. The summed E-state index contributed by atoms with van der Waals surface area (Å²) in [5, 5.41) is 60.7. The third kappa shape index (κ3) is 9.45. The van der Waals surface area contributed by atoms with E-state index in [0.29, 0.717) is 40.7 Å². The van der Waals surface area contributed by atoms with Crippen molar-refractivity contribution < 1.29 is 87.5 Å². The molecule has 0 spiro atoms. The van der Waals surface area contributed by atoms with Gasteiger partial charge in [0, 0.05) is 60.7 Å². The number of anilines is 2. The number of esters is 1. The van der Waals surface area contributed by atoms with Gasteiger partial charge in [0.05, 0.1) is 34.7 Å². The van der Waals surface area contributed by atoms with Crippen molar-refractivity contribution in [2.45, 2.75) is 108 Å². The van der Waals surface area contributed by atoms with Gasteiger partial charge in [0.15, 0.2) is 23.2 Å². The van der Waals surface area contributed by atoms with Crippen LogP contribution in [0.2, 0.25) is 0 Å². The number of carbonyl (C=O) groups is 7. The second-order valence-corrected chi connectivity index (χ2v) is 17.9. The Morgan fingerprint density at radius 3 is 2.41 bits per heavy atom. The molecular weight excluding hydrogens is 977 g/mol. The Bertz CT molecular complexity index is 3100. The van der Waals surface area contributed by atoms with E-state index in [2.05, 4.69) is 16.0 Å². The summed E-state index contributed by atoms with van der Waals surface area (Å²) in [7, 11) is 0. The predicted octanol–water partition coefficient (Wildman–Crippen LogP) is 0.931. The van der Waals surface area contributed by atoms with Gasteiger partial charge in [-0.1, -0.05) is 26.3 Å². The number of hydrogen-bond donors (Lipinski definition) is 8. The average molecular weight is 1030 g/mol. The molecule has 2 aromatic heterocycles. The standard InChI is InChI=1S/C49H50N6O19/c1-3-5-6-23-24-18-55-29(16-26-25(44(55)63)20-69-47(66)49(26,68)4-2)37(24)52-28-17-31-42(72-21-71-31)38(36(23)28)53-48(67)70-19-22-7-8-30(73-46-41(62)39(60)40(61)43(74-46)45(64)65)27(15-22)51-33(57)11-13-50-32(56)12-14-54-34(58)9-10-35(54)59/h7-10,15-17,39-41,43,46,60-62,68H,3-6,11-14,18-21H2,1-2H3,(H,50,56)(H,51,57)(H,53,67)(H,64,65)/t39-,40-,41+,43-,46+,49-/m0/s1. The number of aromatic nitrogens is 2. The number of amides is 5. The molecule has 5 aliphatic heterocycles. The number of nitrogens with one attached hydrogen (secondary N) is 3. The van der Waals surface area contributed by atoms with Gasteiger partial charge in [-0.15, -0.1) is 0 Å². The largest absolute Gasteiger partial charge is 0.479 e. The highest BCUT2D eigenvalue weighted by Gasteiger charge is 2.49. The second-order valence-electron chi connectivity index (χ2n) is 17.9. The van der Waals surface area contributed by atoms with Gasteiger partial charge in [-0.2, -0.15) is 0 Å². The van der Waals surface area contributed by atoms with Crippen LogP contribution >= 0.6 is 0 Å². The molecule has 6 atom stereocenters. The highest BCUT2D eigenvalue weighted by molar-refractivity contribution is 6.13. The van der Waals surface area contributed by atoms with Crippen molar-refractivity contribution in [1.82, 2.24) is 19.8 Å². The molecular formula is C49H50N6O19. The smallest absolute Gasteiger partial charge is 0.412 e. The third-order valence-electron chi connectivity index (χ3n) is 13.3. The molecule has 390 valence electrons. The van der Waals surface area contributed by atoms with Gasteiger partial charge in [0.1, 0.15) is 43.0 Å². The van der Waals surface area contributed by atoms with E-state index in [1.165, 1.54) is 22.8 Å². The van der Waals surface area contributed by atoms with Gasteiger partial charge in [-0.3, -0.25) is 34.2 Å². The highest BCUT2D eigenvalue weighted by atomic mass is 16.7. The summed E-state index contributed by atoms with van der Waals surface area (Å²) >= 11 is 0. The van der Waals surface area contributed by atoms with Crippen LogP contribution in [0.5, 0.6) is 17.2 Å². The number of carbonyl (C=O) groups excluding carboxylic acids is 6. The van der Waals surface area contributed by atoms with E-state index in [0.717, 1.165) is 29.0 Å². The molecule has 0 saturated carbocycles. The number of imide groups is 1. The lowest BCUT2D eigenvalue weighted by molar-refractivity contribution is -0.271. The molecule has 9 rings (SSSR count). The maximum atomic E-state index is 14.1. The minimum absolute atomic E-state index is 0.0392. The van der Waals surface area contributed by atoms with Crippen LogP contribution < -0.4 is 35.7 Å². The minimum atomic E-state index is -2.04. The summed E-state index contributed by atoms with van der Waals surface area (Å²) in [5.74, 6) is -4.69. The zero-order valence-electron chi connectivity index (χ0n) is 39.7. The number of aliphatic hydroxyl groups excluding tert-OH is 3. The molecule has 25 nitrogen and oxygen atoms in total. The molecule has 1 saturated heterocycles. The Morgan fingerprint density at radius 1 is 0.905 bits per heavy atom. The fourth-order valence-electron chi connectivity index (χ4n) is 9.36. The first-order valence-electron chi connectivity index (χ1n) is 23.6. The first-order chi connectivity index (χ1) is 35.4. The van der Waals surface area contributed by atoms with Crippen LogP contribution in [-0.4, -0.2) is 132 Å². The fourth-order valence-corrected chi connectivity index (χ4v) is 9.36. The lowest BCUT2D eigenvalue weighted by Crippen LogP contribution is -2.61. The Balaban J connectivity index is 0.966. The lowest BCUT2D eigenvalue weighted by atomic mass is 9.86. The molecule has 1 fully saturated rings. The molecule has 0 bridgehead atoms. The topological polar surface area (TPSA) is 350 Å². The number of rotatable bonds is 17. The third-order valence-corrected chi connectivity index (χ3v) is 13.3. The van der Waals surface area contributed by atoms with Crippen molar-refractivity contribution in [2.24, 2.45) is 0 Å². The normalized spacial score (nSPS) is 22.2. The van der Waals surface area contributed by atoms with Crippen molar-refractivity contribution in [2.75, 3.05) is 30.5 Å². The average Bonchev–Trinajstić information content (AvgIpc) is 4.09. The summed E-state index contributed by atoms with van der Waals surface area (Å²) in [6, 6.07) is 7.27. The summed E-state index contributed by atoms with van der Waals surface area (Å²) in [6.07, 6.45) is -7.37. The monoisotopic (exact) mass is 1030 g/mol. The number of hydrogen-bond acceptors (Lipinski definition) is 19. The van der Waals surface area contributed by atoms with Gasteiger partial charge in [-0.25, -0.2) is 19.4 Å². The van der Waals surface area contributed by atoms with Crippen LogP contribution in [0.1, 0.15) is 73.8 Å². The number of ether oxygens (including phenoxy) is 6. The van der Waals surface area contributed by atoms with Crippen LogP contribution in [0, 0.1) is 0 Å². The van der Waals surface area contributed by atoms with Gasteiger partial charge >= 0.3 is 18.0 Å². The molecule has 8 N–H and O–H groups in total. The number of carboxylic acids is 1. The molecule has 2 aromatic carbocycles. The zero-order chi connectivity index (χ0) is 52.7. The molecule has 5 amide bonds. The highest BCUT2D eigenvalue weighted by Crippen LogP contribution is 2.49. The molecule has 0 aliphatic carbocycles. The van der Waals surface area contributed by atoms with E-state index in [9.17, 15) is 63.9 Å². The number of aryl methyl sites for hydroxylation is 1. The minimum Gasteiger partial charge on any atom is -0.479 e. The second kappa shape index (κ2) is 20.5. The quantitative estimate of drug-likeness (QED) is 0.0474. The summed E-state index contributed by atoms with van der Waals surface area (Å²) in [4.78, 5) is 108. The summed E-state index contributed by atoms with van der Waals surface area (Å²) < 4.78 is 35.1. The number of aliphatic carboxylic acids is 1. The first-order valence-corrected chi connectivity index (χ1v) is 23.6. The van der Waals surface area contributed by atoms with Crippen LogP contribution in [-0.2, 0) is 74.8 Å². The van der Waals surface area contributed by atoms with E-state index in [1.54, 1.807) is 19.1 Å². The Labute approximate surface area is 418 Å². The zero-order valence-corrected chi connectivity index (χ0v) is 39.7. The lowest BCUT2D eigenvalue weighted by Gasteiger charge is -2.38. The number of benzene rings is 2. The van der Waals surface area contributed by atoms with Crippen LogP contribution in [0.25, 0.3) is 22.3 Å². The fraction of sp³-hybridized carbons (Fsp3) is 0.408. The predicted molar refractivity (Wildman–Crippen MR) is 251 cm³/mol. The number of nitrogens with zero attached hydrogens (tertiary/aromatic N) is 3. The van der Waals surface area contributed by atoms with Crippen LogP contribution in [0.4, 0.5) is 16.2 Å². The number of aliphatic hydroxyl groups is 4. The molecule has 25 heteroatoms. The Hall–Kier alpha value is -7.97. The van der Waals surface area contributed by atoms with Gasteiger partial charge in [0.25, 0.3) is 17.4 Å². The van der Waals surface area contributed by atoms with E-state index >= 15 is 0 Å². The number of carboxylic acid groups (broad SMARTS) is 1. The van der Waals surface area contributed by atoms with E-state index in [1.807, 2.05) is 6.92 Å². The van der Waals surface area contributed by atoms with Crippen molar-refractivity contribution >= 4 is 63.9 Å². The van der Waals surface area contributed by atoms with Crippen molar-refractivity contribution in [3.63, 3.8) is 0 Å². The molecule has 0 radical (unpaired) electrons. The van der Waals surface area contributed by atoms with E-state index < -0.39 is 90.1 Å². The summed E-state index contributed by atoms with van der Waals surface area (Å²) in [6.45, 7) is 2.38. The maximum Gasteiger partial charge on any atom is 0.412 e. The first kappa shape index (κ1) is 51.0. The summed E-state index contributed by atoms with van der Waals surface area (Å²) in [5.41, 5.74) is 0.726. The Morgan fingerprint density at radius 2 is 1.68 bits per heavy atom. The number of pyridine rings is 2. The van der Waals surface area contributed by atoms with Gasteiger partial charge in [-0.05, 0) is 48.6 Å². The van der Waals surface area contributed by atoms with Crippen LogP contribution in [0.3, 0.4) is 0 Å². The SMILES string of the molecule is CCCCc1c2c(nc3cc4c(c(NC(=O)OCc5ccc(O[C@@H]6O[C@H](C(=O)O)[C@@H](O)[C@H](O)[C@H]6O)c(NC(=O)CCNC(=O)CCN6C(=O)C=CC6=O)c5)c13)OCO4)-c1cc3c(c(=O)n1C2)COC(=O)[C@]3(O)CC. The number of fused-ring (bicyclic) bond motifs is 6. The molecule has 4 aromatic rings. The molecule has 7 heterocycles. The van der Waals surface area contributed by atoms with Crippen molar-refractivity contribution in [1.29, 1.82) is 0 Å². The van der Waals surface area contributed by atoms with Gasteiger partial charge in [0.2, 0.25) is 24.9 Å². The van der Waals surface area contributed by atoms with Crippen LogP contribution in [0.15, 0.2) is 47.3 Å². The van der Waals surface area contributed by atoms with E-state index in [4.69, 9.17) is 33.4 Å². The van der Waals surface area contributed by atoms with E-state index in [-0.39, 0.29) is 97.6 Å². The number of cyclic esters (lactones) is 1. The van der Waals surface area contributed by atoms with Crippen molar-refractivity contribution in [3.05, 3.63) is 80.7 Å². The molecule has 0 unspecified atom stereocenters. The number of unbranched alkanes of at least 4 members (excludes halogenated alkanes) is 1. The molecule has 5 aliphatic rings. The van der Waals surface area contributed by atoms with Crippen molar-refractivity contribution in [3.8, 4) is 28.6 Å². The Kier molecular flexibility index (Phi) is 14.1. The maximum absolute atomic E-state index is 14.1.